The fraction of sp³-hybridized carbons (Fsp3) is 0.375. The molecule has 0 unspecified atom stereocenters. The van der Waals surface area contributed by atoms with E-state index in [1.54, 1.807) is 0 Å². The molecule has 4 N–H and O–H groups in total. The van der Waals surface area contributed by atoms with Gasteiger partial charge < -0.3 is 30.1 Å². The lowest BCUT2D eigenvalue weighted by molar-refractivity contribution is -0.170. The molecule has 0 radical (unpaired) electrons. The topological polar surface area (TPSA) is 145 Å². The average Bonchev–Trinajstić information content (AvgIpc) is 2.71. The summed E-state index contributed by atoms with van der Waals surface area (Å²) in [6.07, 6.45) is -2.28. The van der Waals surface area contributed by atoms with Crippen LogP contribution in [-0.2, 0) is 19.1 Å². The van der Waals surface area contributed by atoms with Gasteiger partial charge in [0, 0.05) is 6.54 Å². The molecule has 180 valence electrons. The predicted octanol–water partition coefficient (Wildman–Crippen LogP) is 2.41. The Labute approximate surface area is 192 Å². The first-order chi connectivity index (χ1) is 15.5. The fourth-order valence-electron chi connectivity index (χ4n) is 2.94. The highest BCUT2D eigenvalue weighted by Crippen LogP contribution is 2.28. The van der Waals surface area contributed by atoms with Crippen LogP contribution in [0.25, 0.3) is 0 Å². The molecule has 0 aromatic heterocycles. The van der Waals surface area contributed by atoms with Crippen molar-refractivity contribution in [1.82, 2.24) is 4.90 Å². The summed E-state index contributed by atoms with van der Waals surface area (Å²) in [7, 11) is 4.13. The third-order valence-electron chi connectivity index (χ3n) is 4.68. The van der Waals surface area contributed by atoms with E-state index in [1.807, 2.05) is 6.07 Å². The van der Waals surface area contributed by atoms with Gasteiger partial charge in [0.15, 0.2) is 5.60 Å². The number of rotatable bonds is 11. The molecule has 9 heteroatoms. The molecule has 33 heavy (non-hydrogen) atoms. The van der Waals surface area contributed by atoms with Crippen molar-refractivity contribution < 1.29 is 39.5 Å². The summed E-state index contributed by atoms with van der Waals surface area (Å²) in [6, 6.07) is 18.9. The lowest BCUT2D eigenvalue weighted by Crippen LogP contribution is -2.42. The van der Waals surface area contributed by atoms with Gasteiger partial charge in [-0.15, -0.1) is 0 Å². The first-order valence-corrected chi connectivity index (χ1v) is 10.2. The summed E-state index contributed by atoms with van der Waals surface area (Å²) < 4.78 is 6.16. The van der Waals surface area contributed by atoms with E-state index in [1.165, 1.54) is 16.7 Å². The summed E-state index contributed by atoms with van der Waals surface area (Å²) in [5.74, 6) is -5.02. The number of aryl methyl sites for hydroxylation is 1. The van der Waals surface area contributed by atoms with Crippen LogP contribution in [0.15, 0.2) is 54.6 Å². The molecule has 9 nitrogen and oxygen atoms in total. The second-order valence-corrected chi connectivity index (χ2v) is 7.80. The monoisotopic (exact) mass is 461 g/mol. The molecular formula is C24H31NO8. The maximum atomic E-state index is 10.3. The molecule has 0 spiro atoms. The molecule has 2 aromatic rings. The predicted molar refractivity (Wildman–Crippen MR) is 121 cm³/mol. The number of benzene rings is 2. The number of carbonyl (C=O) groups is 3. The van der Waals surface area contributed by atoms with Crippen molar-refractivity contribution in [3.05, 3.63) is 71.3 Å². The first kappa shape index (κ1) is 27.8. The van der Waals surface area contributed by atoms with Crippen molar-refractivity contribution in [2.75, 3.05) is 27.2 Å². The van der Waals surface area contributed by atoms with Gasteiger partial charge in [0.05, 0.1) is 19.4 Å². The van der Waals surface area contributed by atoms with E-state index in [4.69, 9.17) is 25.2 Å². The summed E-state index contributed by atoms with van der Waals surface area (Å²) in [5, 5.41) is 33.8. The van der Waals surface area contributed by atoms with Gasteiger partial charge in [0.1, 0.15) is 6.10 Å². The molecular weight excluding hydrogens is 430 g/mol. The normalized spacial score (nSPS) is 11.9. The molecule has 0 fully saturated rings. The third kappa shape index (κ3) is 9.82. The zero-order valence-corrected chi connectivity index (χ0v) is 19.0. The highest BCUT2D eigenvalue weighted by molar-refractivity contribution is 5.88. The standard InChI is InChI=1S/C18H23NO.C6H8O7/c1-15-9-7-8-12-17(15)18(20-14-13-19(2)3)16-10-5-4-6-11-16;7-3(8)1-6(13,5(11)12)2-4(9)10/h4-12,18H,13-14H2,1-3H3;13H,1-2H2,(H,7,8)(H,9,10)(H,11,12)/t18-;/m0./s1. The molecule has 0 aliphatic rings. The minimum absolute atomic E-state index is 0.0114. The van der Waals surface area contributed by atoms with E-state index in [9.17, 15) is 14.4 Å². The lowest BCUT2D eigenvalue weighted by atomic mass is 9.96. The van der Waals surface area contributed by atoms with Crippen molar-refractivity contribution in [1.29, 1.82) is 0 Å². The van der Waals surface area contributed by atoms with Crippen molar-refractivity contribution in [3.8, 4) is 0 Å². The number of aliphatic hydroxyl groups is 1. The Bertz CT molecular complexity index is 898. The Balaban J connectivity index is 0.000000366. The van der Waals surface area contributed by atoms with Gasteiger partial charge in [-0.2, -0.15) is 0 Å². The minimum Gasteiger partial charge on any atom is -0.481 e. The van der Waals surface area contributed by atoms with Crippen LogP contribution in [0.3, 0.4) is 0 Å². The van der Waals surface area contributed by atoms with Gasteiger partial charge in [-0.25, -0.2) is 4.79 Å². The van der Waals surface area contributed by atoms with Gasteiger partial charge in [0.2, 0.25) is 0 Å². The van der Waals surface area contributed by atoms with Gasteiger partial charge in [-0.3, -0.25) is 9.59 Å². The maximum absolute atomic E-state index is 10.3. The molecule has 0 bridgehead atoms. The Morgan fingerprint density at radius 1 is 0.909 bits per heavy atom. The van der Waals surface area contributed by atoms with Gasteiger partial charge in [0.25, 0.3) is 0 Å². The number of aliphatic carboxylic acids is 3. The largest absolute Gasteiger partial charge is 0.481 e. The second kappa shape index (κ2) is 13.3. The maximum Gasteiger partial charge on any atom is 0.336 e. The van der Waals surface area contributed by atoms with Crippen molar-refractivity contribution >= 4 is 17.9 Å². The number of likely N-dealkylation sites (N-methyl/N-ethyl adjacent to an activating group) is 1. The number of carboxylic acid groups (broad SMARTS) is 3. The number of nitrogens with zero attached hydrogens (tertiary/aromatic N) is 1. The first-order valence-electron chi connectivity index (χ1n) is 10.2. The van der Waals surface area contributed by atoms with Crippen LogP contribution in [-0.4, -0.2) is 76.1 Å². The van der Waals surface area contributed by atoms with Crippen molar-refractivity contribution in [2.45, 2.75) is 31.5 Å². The lowest BCUT2D eigenvalue weighted by Gasteiger charge is -2.22. The second-order valence-electron chi connectivity index (χ2n) is 7.80. The van der Waals surface area contributed by atoms with Crippen LogP contribution in [0.1, 0.15) is 35.6 Å². The fourth-order valence-corrected chi connectivity index (χ4v) is 2.94. The molecule has 2 aromatic carbocycles. The highest BCUT2D eigenvalue weighted by atomic mass is 16.5. The van der Waals surface area contributed by atoms with Gasteiger partial charge in [-0.1, -0.05) is 54.6 Å². The number of carboxylic acids is 3. The Morgan fingerprint density at radius 2 is 1.42 bits per heavy atom. The molecule has 0 saturated carbocycles. The van der Waals surface area contributed by atoms with Gasteiger partial charge in [-0.05, 0) is 37.7 Å². The zero-order chi connectivity index (χ0) is 25.0. The molecule has 1 atom stereocenters. The number of hydrogen-bond acceptors (Lipinski definition) is 6. The molecule has 0 heterocycles. The summed E-state index contributed by atoms with van der Waals surface area (Å²) in [5.41, 5.74) is 0.988. The van der Waals surface area contributed by atoms with Crippen molar-refractivity contribution in [3.63, 3.8) is 0 Å². The van der Waals surface area contributed by atoms with E-state index < -0.39 is 36.4 Å². The average molecular weight is 462 g/mol. The van der Waals surface area contributed by atoms with Gasteiger partial charge >= 0.3 is 17.9 Å². The Hall–Kier alpha value is -3.27. The Morgan fingerprint density at radius 3 is 1.88 bits per heavy atom. The summed E-state index contributed by atoms with van der Waals surface area (Å²) >= 11 is 0. The summed E-state index contributed by atoms with van der Waals surface area (Å²) in [4.78, 5) is 32.6. The Kier molecular flexibility index (Phi) is 11.2. The van der Waals surface area contributed by atoms with E-state index in [0.29, 0.717) is 0 Å². The molecule has 2 rings (SSSR count). The SMILES string of the molecule is Cc1ccccc1[C@@H](OCCN(C)C)c1ccccc1.O=C(O)CC(O)(CC(=O)O)C(=O)O. The van der Waals surface area contributed by atoms with E-state index in [0.717, 1.165) is 13.2 Å². The molecule has 0 aliphatic heterocycles. The van der Waals surface area contributed by atoms with Crippen molar-refractivity contribution in [2.24, 2.45) is 0 Å². The van der Waals surface area contributed by atoms with Crippen LogP contribution in [0.5, 0.6) is 0 Å². The third-order valence-corrected chi connectivity index (χ3v) is 4.68. The smallest absolute Gasteiger partial charge is 0.336 e. The summed E-state index contributed by atoms with van der Waals surface area (Å²) in [6.45, 7) is 3.79. The zero-order valence-electron chi connectivity index (χ0n) is 19.0. The molecule has 0 aliphatic carbocycles. The quantitative estimate of drug-likeness (QED) is 0.396. The molecule has 0 saturated heterocycles. The minimum atomic E-state index is -2.74. The van der Waals surface area contributed by atoms with Crippen LogP contribution >= 0.6 is 0 Å². The number of hydrogen-bond donors (Lipinski definition) is 4. The van der Waals surface area contributed by atoms with Crippen LogP contribution in [0.2, 0.25) is 0 Å². The van der Waals surface area contributed by atoms with E-state index in [-0.39, 0.29) is 6.10 Å². The number of ether oxygens (including phenoxy) is 1. The van der Waals surface area contributed by atoms with Crippen LogP contribution < -0.4 is 0 Å². The molecule has 0 amide bonds. The van der Waals surface area contributed by atoms with E-state index in [2.05, 4.69) is 74.4 Å². The van der Waals surface area contributed by atoms with Crippen LogP contribution in [0.4, 0.5) is 0 Å². The van der Waals surface area contributed by atoms with E-state index >= 15 is 0 Å². The van der Waals surface area contributed by atoms with Crippen LogP contribution in [0, 0.1) is 6.92 Å². The highest BCUT2D eigenvalue weighted by Gasteiger charge is 2.40.